The Labute approximate surface area is 112 Å². The van der Waals surface area contributed by atoms with E-state index in [4.69, 9.17) is 15.2 Å². The first-order chi connectivity index (χ1) is 9.10. The molecule has 0 saturated carbocycles. The molecule has 1 atom stereocenters. The van der Waals surface area contributed by atoms with Crippen LogP contribution in [0.1, 0.15) is 18.9 Å². The van der Waals surface area contributed by atoms with Gasteiger partial charge >= 0.3 is 5.97 Å². The smallest absolute Gasteiger partial charge is 0.317 e. The van der Waals surface area contributed by atoms with Gasteiger partial charge in [0.05, 0.1) is 7.11 Å². The van der Waals surface area contributed by atoms with Gasteiger partial charge in [0.15, 0.2) is 0 Å². The SMILES string of the molecule is CCOCCC(CN)(C(=O)OC)c1cccc(F)c1. The molecule has 1 aromatic carbocycles. The third kappa shape index (κ3) is 3.52. The molecule has 2 N–H and O–H groups in total. The zero-order chi connectivity index (χ0) is 14.3. The van der Waals surface area contributed by atoms with Crippen LogP contribution in [0.5, 0.6) is 0 Å². The first-order valence-electron chi connectivity index (χ1n) is 6.23. The van der Waals surface area contributed by atoms with Crippen LogP contribution in [-0.2, 0) is 19.7 Å². The van der Waals surface area contributed by atoms with E-state index in [-0.39, 0.29) is 6.54 Å². The molecule has 0 aliphatic rings. The van der Waals surface area contributed by atoms with Crippen molar-refractivity contribution < 1.29 is 18.7 Å². The molecule has 0 bridgehead atoms. The van der Waals surface area contributed by atoms with Gasteiger partial charge in [-0.15, -0.1) is 0 Å². The van der Waals surface area contributed by atoms with Crippen molar-refractivity contribution in [3.05, 3.63) is 35.6 Å². The van der Waals surface area contributed by atoms with Crippen LogP contribution in [0, 0.1) is 5.82 Å². The second-order valence-electron chi connectivity index (χ2n) is 4.24. The standard InChI is InChI=1S/C14H20FNO3/c1-3-19-8-7-14(10-16,13(17)18-2)11-5-4-6-12(15)9-11/h4-6,9H,3,7-8,10,16H2,1-2H3. The lowest BCUT2D eigenvalue weighted by Gasteiger charge is -2.30. The van der Waals surface area contributed by atoms with Crippen LogP contribution in [0.3, 0.4) is 0 Å². The van der Waals surface area contributed by atoms with Crippen molar-refractivity contribution in [1.29, 1.82) is 0 Å². The number of ether oxygens (including phenoxy) is 2. The van der Waals surface area contributed by atoms with E-state index in [0.717, 1.165) is 0 Å². The first kappa shape index (κ1) is 15.6. The Morgan fingerprint density at radius 1 is 1.47 bits per heavy atom. The van der Waals surface area contributed by atoms with E-state index in [0.29, 0.717) is 25.2 Å². The summed E-state index contributed by atoms with van der Waals surface area (Å²) in [5, 5.41) is 0. The molecule has 4 nitrogen and oxygen atoms in total. The van der Waals surface area contributed by atoms with E-state index in [2.05, 4.69) is 0 Å². The summed E-state index contributed by atoms with van der Waals surface area (Å²) in [5.41, 5.74) is 5.22. The van der Waals surface area contributed by atoms with Crippen molar-refractivity contribution in [3.8, 4) is 0 Å². The minimum Gasteiger partial charge on any atom is -0.468 e. The lowest BCUT2D eigenvalue weighted by atomic mass is 9.77. The number of nitrogens with two attached hydrogens (primary N) is 1. The van der Waals surface area contributed by atoms with Crippen LogP contribution in [-0.4, -0.2) is 32.8 Å². The maximum atomic E-state index is 13.4. The van der Waals surface area contributed by atoms with Crippen LogP contribution < -0.4 is 5.73 Å². The lowest BCUT2D eigenvalue weighted by Crippen LogP contribution is -2.44. The highest BCUT2D eigenvalue weighted by atomic mass is 19.1. The fourth-order valence-corrected chi connectivity index (χ4v) is 2.04. The van der Waals surface area contributed by atoms with Crippen molar-refractivity contribution in [2.45, 2.75) is 18.8 Å². The summed E-state index contributed by atoms with van der Waals surface area (Å²) in [5.74, 6) is -0.879. The Morgan fingerprint density at radius 3 is 2.74 bits per heavy atom. The molecule has 1 aromatic rings. The average molecular weight is 269 g/mol. The van der Waals surface area contributed by atoms with Crippen molar-refractivity contribution in [3.63, 3.8) is 0 Å². The summed E-state index contributed by atoms with van der Waals surface area (Å²) >= 11 is 0. The normalized spacial score (nSPS) is 13.9. The van der Waals surface area contributed by atoms with E-state index < -0.39 is 17.2 Å². The van der Waals surface area contributed by atoms with E-state index >= 15 is 0 Å². The van der Waals surface area contributed by atoms with Crippen LogP contribution in [0.15, 0.2) is 24.3 Å². The number of carbonyl (C=O) groups is 1. The van der Waals surface area contributed by atoms with Gasteiger partial charge in [-0.25, -0.2) is 4.39 Å². The van der Waals surface area contributed by atoms with Gasteiger partial charge in [0, 0.05) is 19.8 Å². The van der Waals surface area contributed by atoms with Gasteiger partial charge in [-0.2, -0.15) is 0 Å². The second kappa shape index (κ2) is 7.21. The molecule has 0 fully saturated rings. The van der Waals surface area contributed by atoms with E-state index in [1.54, 1.807) is 12.1 Å². The van der Waals surface area contributed by atoms with Gasteiger partial charge in [-0.3, -0.25) is 4.79 Å². The molecule has 0 amide bonds. The van der Waals surface area contributed by atoms with Gasteiger partial charge in [0.2, 0.25) is 0 Å². The second-order valence-corrected chi connectivity index (χ2v) is 4.24. The molecular formula is C14H20FNO3. The number of hydrogen-bond donors (Lipinski definition) is 1. The van der Waals surface area contributed by atoms with Crippen LogP contribution in [0.2, 0.25) is 0 Å². The van der Waals surface area contributed by atoms with Gasteiger partial charge in [-0.1, -0.05) is 12.1 Å². The highest BCUT2D eigenvalue weighted by Gasteiger charge is 2.40. The largest absolute Gasteiger partial charge is 0.468 e. The minimum atomic E-state index is -1.06. The fourth-order valence-electron chi connectivity index (χ4n) is 2.04. The van der Waals surface area contributed by atoms with Crippen LogP contribution in [0.25, 0.3) is 0 Å². The summed E-state index contributed by atoms with van der Waals surface area (Å²) in [7, 11) is 1.30. The third-order valence-electron chi connectivity index (χ3n) is 3.18. The number of halogens is 1. The number of methoxy groups -OCH3 is 1. The van der Waals surface area contributed by atoms with Crippen molar-refractivity contribution >= 4 is 5.97 Å². The highest BCUT2D eigenvalue weighted by Crippen LogP contribution is 2.29. The van der Waals surface area contributed by atoms with Gasteiger partial charge in [0.1, 0.15) is 11.2 Å². The monoisotopic (exact) mass is 269 g/mol. The molecule has 1 unspecified atom stereocenters. The topological polar surface area (TPSA) is 61.5 Å². The van der Waals surface area contributed by atoms with Crippen molar-refractivity contribution in [1.82, 2.24) is 0 Å². The average Bonchev–Trinajstić information content (AvgIpc) is 2.43. The van der Waals surface area contributed by atoms with Gasteiger partial charge in [-0.05, 0) is 31.0 Å². The molecular weight excluding hydrogens is 249 g/mol. The molecule has 0 saturated heterocycles. The van der Waals surface area contributed by atoms with Crippen molar-refractivity contribution in [2.24, 2.45) is 5.73 Å². The maximum Gasteiger partial charge on any atom is 0.317 e. The highest BCUT2D eigenvalue weighted by molar-refractivity contribution is 5.83. The summed E-state index contributed by atoms with van der Waals surface area (Å²) < 4.78 is 23.5. The van der Waals surface area contributed by atoms with Gasteiger partial charge < -0.3 is 15.2 Å². The predicted molar refractivity (Wildman–Crippen MR) is 70.3 cm³/mol. The molecule has 1 rings (SSSR count). The Kier molecular flexibility index (Phi) is 5.92. The number of esters is 1. The van der Waals surface area contributed by atoms with Gasteiger partial charge in [0.25, 0.3) is 0 Å². The maximum absolute atomic E-state index is 13.4. The summed E-state index contributed by atoms with van der Waals surface area (Å²) in [6, 6.07) is 5.87. The third-order valence-corrected chi connectivity index (χ3v) is 3.18. The van der Waals surface area contributed by atoms with E-state index in [1.165, 1.54) is 19.2 Å². The number of carbonyl (C=O) groups excluding carboxylic acids is 1. The number of hydrogen-bond acceptors (Lipinski definition) is 4. The first-order valence-corrected chi connectivity index (χ1v) is 6.23. The Bertz CT molecular complexity index is 425. The molecule has 106 valence electrons. The lowest BCUT2D eigenvalue weighted by molar-refractivity contribution is -0.148. The molecule has 0 radical (unpaired) electrons. The number of rotatable bonds is 7. The number of benzene rings is 1. The summed E-state index contributed by atoms with van der Waals surface area (Å²) in [6.07, 6.45) is 0.355. The Balaban J connectivity index is 3.12. The van der Waals surface area contributed by atoms with Crippen LogP contribution in [0.4, 0.5) is 4.39 Å². The van der Waals surface area contributed by atoms with Crippen molar-refractivity contribution in [2.75, 3.05) is 26.9 Å². The van der Waals surface area contributed by atoms with E-state index in [9.17, 15) is 9.18 Å². The molecule has 0 aliphatic heterocycles. The molecule has 0 spiro atoms. The molecule has 5 heteroatoms. The summed E-state index contributed by atoms with van der Waals surface area (Å²) in [6.45, 7) is 2.81. The Hall–Kier alpha value is -1.46. The zero-order valence-electron chi connectivity index (χ0n) is 11.3. The predicted octanol–water partition coefficient (Wildman–Crippen LogP) is 1.62. The zero-order valence-corrected chi connectivity index (χ0v) is 11.3. The van der Waals surface area contributed by atoms with E-state index in [1.807, 2.05) is 6.92 Å². The molecule has 0 aromatic heterocycles. The minimum absolute atomic E-state index is 0.0379. The quantitative estimate of drug-likeness (QED) is 0.603. The van der Waals surface area contributed by atoms with Crippen LogP contribution >= 0.6 is 0 Å². The molecule has 0 aliphatic carbocycles. The summed E-state index contributed by atoms with van der Waals surface area (Å²) in [4.78, 5) is 12.1. The Morgan fingerprint density at radius 2 is 2.21 bits per heavy atom. The molecule has 0 heterocycles. The molecule has 19 heavy (non-hydrogen) atoms. The fraction of sp³-hybridized carbons (Fsp3) is 0.500.